The Balaban J connectivity index is 2.25. The van der Waals surface area contributed by atoms with Crippen LogP contribution in [0.15, 0.2) is 17.5 Å². The minimum atomic E-state index is -0.604. The molecule has 1 aromatic rings. The molecule has 0 bridgehead atoms. The zero-order valence-electron chi connectivity index (χ0n) is 8.81. The van der Waals surface area contributed by atoms with E-state index in [1.54, 1.807) is 0 Å². The minimum absolute atomic E-state index is 0.537. The largest absolute Gasteiger partial charge is 0.386 e. The quantitative estimate of drug-likeness (QED) is 0.834. The molecule has 1 heterocycles. The van der Waals surface area contributed by atoms with E-state index in [0.717, 1.165) is 24.1 Å². The normalized spacial score (nSPS) is 32.5. The Morgan fingerprint density at radius 2 is 2.53 bits per heavy atom. The first-order chi connectivity index (χ1) is 7.18. The predicted octanol–water partition coefficient (Wildman–Crippen LogP) is 3.11. The Morgan fingerprint density at radius 3 is 3.00 bits per heavy atom. The van der Waals surface area contributed by atoms with Gasteiger partial charge in [-0.25, -0.2) is 0 Å². The summed E-state index contributed by atoms with van der Waals surface area (Å²) in [5, 5.41) is 21.5. The molecule has 3 unspecified atom stereocenters. The molecule has 15 heavy (non-hydrogen) atoms. The molecule has 0 aromatic carbocycles. The fourth-order valence-electron chi connectivity index (χ4n) is 2.46. The number of aliphatic hydroxyl groups excluding tert-OH is 1. The second kappa shape index (κ2) is 3.96. The van der Waals surface area contributed by atoms with Gasteiger partial charge < -0.3 is 5.11 Å². The molecule has 0 amide bonds. The van der Waals surface area contributed by atoms with Crippen LogP contribution in [0.5, 0.6) is 0 Å². The smallest absolute Gasteiger partial charge is 0.107 e. The van der Waals surface area contributed by atoms with Gasteiger partial charge >= 0.3 is 0 Å². The molecule has 1 aromatic heterocycles. The van der Waals surface area contributed by atoms with Crippen LogP contribution in [0.1, 0.15) is 37.2 Å². The van der Waals surface area contributed by atoms with Gasteiger partial charge in [-0.3, -0.25) is 0 Å². The van der Waals surface area contributed by atoms with Crippen LogP contribution >= 0.6 is 11.3 Å². The average molecular weight is 221 g/mol. The molecule has 1 fully saturated rings. The second-order valence-corrected chi connectivity index (χ2v) is 5.51. The molecule has 3 atom stereocenters. The maximum absolute atomic E-state index is 10.3. The minimum Gasteiger partial charge on any atom is -0.386 e. The molecule has 0 saturated heterocycles. The van der Waals surface area contributed by atoms with E-state index in [4.69, 9.17) is 0 Å². The van der Waals surface area contributed by atoms with Gasteiger partial charge in [0.15, 0.2) is 0 Å². The van der Waals surface area contributed by atoms with E-state index in [-0.39, 0.29) is 0 Å². The summed E-state index contributed by atoms with van der Waals surface area (Å²) in [6, 6.07) is 6.19. The summed E-state index contributed by atoms with van der Waals surface area (Å²) in [5.41, 5.74) is -0.537. The number of aliphatic hydroxyl groups is 1. The first-order valence-electron chi connectivity index (χ1n) is 5.31. The van der Waals surface area contributed by atoms with Crippen molar-refractivity contribution in [2.24, 2.45) is 11.3 Å². The molecule has 80 valence electrons. The van der Waals surface area contributed by atoms with Gasteiger partial charge in [-0.15, -0.1) is 11.3 Å². The van der Waals surface area contributed by atoms with Gasteiger partial charge in [0.1, 0.15) is 6.10 Å². The third-order valence-corrected chi connectivity index (χ3v) is 4.28. The summed E-state index contributed by atoms with van der Waals surface area (Å²) < 4.78 is 0. The van der Waals surface area contributed by atoms with Crippen molar-refractivity contribution in [3.8, 4) is 6.07 Å². The van der Waals surface area contributed by atoms with Crippen LogP contribution in [-0.2, 0) is 0 Å². The van der Waals surface area contributed by atoms with Gasteiger partial charge in [0.25, 0.3) is 0 Å². The lowest BCUT2D eigenvalue weighted by molar-refractivity contribution is 0.0678. The van der Waals surface area contributed by atoms with Crippen LogP contribution < -0.4 is 0 Å². The summed E-state index contributed by atoms with van der Waals surface area (Å²) in [6.45, 7) is 2.15. The molecule has 1 N–H and O–H groups in total. The van der Waals surface area contributed by atoms with Crippen molar-refractivity contribution in [1.29, 1.82) is 5.26 Å². The highest BCUT2D eigenvalue weighted by Gasteiger charge is 2.44. The van der Waals surface area contributed by atoms with E-state index >= 15 is 0 Å². The second-order valence-electron chi connectivity index (χ2n) is 4.53. The highest BCUT2D eigenvalue weighted by Crippen LogP contribution is 2.50. The van der Waals surface area contributed by atoms with Crippen LogP contribution in [0.3, 0.4) is 0 Å². The standard InChI is InChI=1S/C12H15NOS/c1-9-4-5-12(7-9,8-13)11(14)10-3-2-6-15-10/h2-3,6,9,11,14H,4-5,7H2,1H3. The average Bonchev–Trinajstić information content (AvgIpc) is 2.86. The SMILES string of the molecule is CC1CCC(C#N)(C(O)c2cccs2)C1. The Hall–Kier alpha value is -0.850. The predicted molar refractivity (Wildman–Crippen MR) is 60.3 cm³/mol. The number of thiophene rings is 1. The number of nitriles is 1. The Bertz CT molecular complexity index is 367. The lowest BCUT2D eigenvalue weighted by atomic mass is 9.80. The van der Waals surface area contributed by atoms with Gasteiger partial charge in [-0.2, -0.15) is 5.26 Å². The topological polar surface area (TPSA) is 44.0 Å². The number of nitrogens with zero attached hydrogens (tertiary/aromatic N) is 1. The molecular weight excluding hydrogens is 206 g/mol. The monoisotopic (exact) mass is 221 g/mol. The van der Waals surface area contributed by atoms with E-state index in [9.17, 15) is 10.4 Å². The van der Waals surface area contributed by atoms with Crippen LogP contribution in [0.25, 0.3) is 0 Å². The van der Waals surface area contributed by atoms with Crippen LogP contribution in [0.2, 0.25) is 0 Å². The number of hydrogen-bond donors (Lipinski definition) is 1. The van der Waals surface area contributed by atoms with E-state index in [0.29, 0.717) is 5.92 Å². The molecule has 1 saturated carbocycles. The number of hydrogen-bond acceptors (Lipinski definition) is 3. The van der Waals surface area contributed by atoms with Crippen molar-refractivity contribution in [2.45, 2.75) is 32.3 Å². The molecule has 2 nitrogen and oxygen atoms in total. The van der Waals surface area contributed by atoms with E-state index in [1.807, 2.05) is 17.5 Å². The molecule has 2 rings (SSSR count). The van der Waals surface area contributed by atoms with Gasteiger partial charge in [0.2, 0.25) is 0 Å². The molecule has 1 aliphatic rings. The summed E-state index contributed by atoms with van der Waals surface area (Å²) >= 11 is 1.53. The zero-order chi connectivity index (χ0) is 10.9. The van der Waals surface area contributed by atoms with Crippen LogP contribution in [0, 0.1) is 22.7 Å². The van der Waals surface area contributed by atoms with Crippen molar-refractivity contribution >= 4 is 11.3 Å². The van der Waals surface area contributed by atoms with Crippen LogP contribution in [-0.4, -0.2) is 5.11 Å². The lowest BCUT2D eigenvalue weighted by Crippen LogP contribution is -2.23. The van der Waals surface area contributed by atoms with Gasteiger partial charge in [-0.05, 0) is 36.6 Å². The van der Waals surface area contributed by atoms with Crippen molar-refractivity contribution in [3.63, 3.8) is 0 Å². The molecule has 1 aliphatic carbocycles. The summed E-state index contributed by atoms with van der Waals surface area (Å²) in [4.78, 5) is 0.922. The highest BCUT2D eigenvalue weighted by atomic mass is 32.1. The van der Waals surface area contributed by atoms with E-state index in [2.05, 4.69) is 13.0 Å². The molecular formula is C12H15NOS. The summed E-state index contributed by atoms with van der Waals surface area (Å²) in [6.07, 6.45) is 2.09. The third-order valence-electron chi connectivity index (χ3n) is 3.35. The molecule has 3 heteroatoms. The maximum atomic E-state index is 10.3. The Morgan fingerprint density at radius 1 is 1.73 bits per heavy atom. The van der Waals surface area contributed by atoms with Gasteiger partial charge in [0.05, 0.1) is 11.5 Å². The first-order valence-corrected chi connectivity index (χ1v) is 6.18. The highest BCUT2D eigenvalue weighted by molar-refractivity contribution is 7.10. The van der Waals surface area contributed by atoms with Crippen LogP contribution in [0.4, 0.5) is 0 Å². The molecule has 0 aliphatic heterocycles. The fourth-order valence-corrected chi connectivity index (χ4v) is 3.29. The van der Waals surface area contributed by atoms with E-state index < -0.39 is 11.5 Å². The molecule has 0 radical (unpaired) electrons. The van der Waals surface area contributed by atoms with Crippen molar-refractivity contribution in [1.82, 2.24) is 0 Å². The van der Waals surface area contributed by atoms with Crippen molar-refractivity contribution in [3.05, 3.63) is 22.4 Å². The Labute approximate surface area is 94.2 Å². The lowest BCUT2D eigenvalue weighted by Gasteiger charge is -2.26. The number of rotatable bonds is 2. The fraction of sp³-hybridized carbons (Fsp3) is 0.583. The molecule has 0 spiro atoms. The van der Waals surface area contributed by atoms with Gasteiger partial charge in [0, 0.05) is 4.88 Å². The van der Waals surface area contributed by atoms with Gasteiger partial charge in [-0.1, -0.05) is 13.0 Å². The van der Waals surface area contributed by atoms with Crippen molar-refractivity contribution in [2.75, 3.05) is 0 Å². The van der Waals surface area contributed by atoms with E-state index in [1.165, 1.54) is 11.3 Å². The summed E-state index contributed by atoms with van der Waals surface area (Å²) in [5.74, 6) is 0.555. The zero-order valence-corrected chi connectivity index (χ0v) is 9.63. The first kappa shape index (κ1) is 10.7. The third kappa shape index (κ3) is 1.80. The van der Waals surface area contributed by atoms with Crippen molar-refractivity contribution < 1.29 is 5.11 Å². The summed E-state index contributed by atoms with van der Waals surface area (Å²) in [7, 11) is 0. The Kier molecular flexibility index (Phi) is 2.81. The maximum Gasteiger partial charge on any atom is 0.107 e.